The van der Waals surface area contributed by atoms with Crippen LogP contribution in [0.4, 0.5) is 0 Å². The Morgan fingerprint density at radius 2 is 2.15 bits per heavy atom. The Morgan fingerprint density at radius 3 is 2.62 bits per heavy atom. The molecule has 0 amide bonds. The molecule has 5 nitrogen and oxygen atoms in total. The summed E-state index contributed by atoms with van der Waals surface area (Å²) in [5.41, 5.74) is 5.75. The molecule has 2 atom stereocenters. The van der Waals surface area contributed by atoms with Gasteiger partial charge in [0.25, 0.3) is 0 Å². The monoisotopic (exact) mass is 184 g/mol. The van der Waals surface area contributed by atoms with Crippen LogP contribution in [0.25, 0.3) is 0 Å². The van der Waals surface area contributed by atoms with E-state index in [4.69, 9.17) is 5.73 Å². The Balaban J connectivity index is 3.00. The van der Waals surface area contributed by atoms with Crippen molar-refractivity contribution in [3.05, 3.63) is 11.6 Å². The molecule has 0 aromatic carbocycles. The molecule has 0 radical (unpaired) electrons. The molecule has 13 heavy (non-hydrogen) atoms. The molecule has 0 saturated heterocycles. The fraction of sp³-hybridized carbons (Fsp3) is 0.750. The number of nitrogens with two attached hydrogens (primary N) is 1. The molecule has 0 aliphatic rings. The molecule has 1 aromatic heterocycles. The van der Waals surface area contributed by atoms with Gasteiger partial charge in [0.2, 0.25) is 0 Å². The van der Waals surface area contributed by atoms with Gasteiger partial charge in [-0.2, -0.15) is 0 Å². The van der Waals surface area contributed by atoms with Crippen molar-refractivity contribution < 1.29 is 5.11 Å². The first-order chi connectivity index (χ1) is 6.07. The maximum absolute atomic E-state index is 9.30. The van der Waals surface area contributed by atoms with Gasteiger partial charge >= 0.3 is 0 Å². The molecule has 3 N–H and O–H groups in total. The molecule has 0 aliphatic heterocycles. The molecule has 2 unspecified atom stereocenters. The minimum Gasteiger partial charge on any atom is -0.391 e. The summed E-state index contributed by atoms with van der Waals surface area (Å²) in [6.07, 6.45) is -0.603. The summed E-state index contributed by atoms with van der Waals surface area (Å²) in [6.45, 7) is 6.28. The van der Waals surface area contributed by atoms with Gasteiger partial charge in [0.1, 0.15) is 5.82 Å². The third kappa shape index (κ3) is 1.87. The second kappa shape index (κ2) is 3.85. The summed E-state index contributed by atoms with van der Waals surface area (Å²) in [4.78, 5) is 0. The van der Waals surface area contributed by atoms with Crippen LogP contribution in [0.5, 0.6) is 0 Å². The van der Waals surface area contributed by atoms with Crippen molar-refractivity contribution in [1.29, 1.82) is 0 Å². The predicted molar refractivity (Wildman–Crippen MR) is 49.0 cm³/mol. The fourth-order valence-corrected chi connectivity index (χ4v) is 1.25. The van der Waals surface area contributed by atoms with Gasteiger partial charge < -0.3 is 15.4 Å². The van der Waals surface area contributed by atoms with Crippen molar-refractivity contribution in [2.45, 2.75) is 39.5 Å². The second-order valence-corrected chi connectivity index (χ2v) is 3.12. The van der Waals surface area contributed by atoms with Gasteiger partial charge in [0, 0.05) is 6.54 Å². The van der Waals surface area contributed by atoms with Crippen molar-refractivity contribution in [1.82, 2.24) is 14.8 Å². The highest BCUT2D eigenvalue weighted by Crippen LogP contribution is 2.12. The summed E-state index contributed by atoms with van der Waals surface area (Å²) in [5.74, 6) is 1.48. The highest BCUT2D eigenvalue weighted by atomic mass is 16.3. The number of hydrogen-bond acceptors (Lipinski definition) is 4. The summed E-state index contributed by atoms with van der Waals surface area (Å²) < 4.78 is 1.90. The first-order valence-corrected chi connectivity index (χ1v) is 4.41. The van der Waals surface area contributed by atoms with E-state index in [9.17, 15) is 5.11 Å². The summed E-state index contributed by atoms with van der Waals surface area (Å²) in [7, 11) is 0. The zero-order chi connectivity index (χ0) is 10.0. The third-order valence-electron chi connectivity index (χ3n) is 2.10. The van der Waals surface area contributed by atoms with Crippen LogP contribution in [-0.4, -0.2) is 26.0 Å². The Labute approximate surface area is 77.6 Å². The molecule has 0 saturated carbocycles. The van der Waals surface area contributed by atoms with E-state index < -0.39 is 12.1 Å². The first-order valence-electron chi connectivity index (χ1n) is 4.41. The summed E-state index contributed by atoms with van der Waals surface area (Å²) >= 11 is 0. The van der Waals surface area contributed by atoms with Crippen LogP contribution in [0.15, 0.2) is 0 Å². The molecule has 0 spiro atoms. The van der Waals surface area contributed by atoms with Crippen LogP contribution in [0.1, 0.15) is 31.5 Å². The van der Waals surface area contributed by atoms with Crippen molar-refractivity contribution in [2.75, 3.05) is 0 Å². The highest BCUT2D eigenvalue weighted by molar-refractivity contribution is 5.00. The number of rotatable bonds is 3. The first kappa shape index (κ1) is 10.1. The lowest BCUT2D eigenvalue weighted by Gasteiger charge is -2.14. The number of aliphatic hydroxyl groups excluding tert-OH is 1. The molecule has 1 rings (SSSR count). The second-order valence-electron chi connectivity index (χ2n) is 3.12. The Hall–Kier alpha value is -0.940. The van der Waals surface area contributed by atoms with Crippen molar-refractivity contribution >= 4 is 0 Å². The van der Waals surface area contributed by atoms with Crippen molar-refractivity contribution in [3.63, 3.8) is 0 Å². The minimum absolute atomic E-state index is 0.457. The Bertz CT molecular complexity index is 282. The van der Waals surface area contributed by atoms with Crippen LogP contribution in [0.3, 0.4) is 0 Å². The average Bonchev–Trinajstić information content (AvgIpc) is 2.45. The maximum atomic E-state index is 9.30. The number of aliphatic hydroxyl groups is 1. The lowest BCUT2D eigenvalue weighted by atomic mass is 10.2. The van der Waals surface area contributed by atoms with Crippen LogP contribution in [-0.2, 0) is 6.54 Å². The standard InChI is InChI=1S/C8H16N4O/c1-4-12-6(3)10-11-8(12)7(9)5(2)13/h5,7,13H,4,9H2,1-3H3. The maximum Gasteiger partial charge on any atom is 0.152 e. The lowest BCUT2D eigenvalue weighted by Crippen LogP contribution is -2.26. The van der Waals surface area contributed by atoms with Crippen LogP contribution in [0.2, 0.25) is 0 Å². The van der Waals surface area contributed by atoms with Crippen LogP contribution in [0, 0.1) is 6.92 Å². The van der Waals surface area contributed by atoms with E-state index in [-0.39, 0.29) is 0 Å². The van der Waals surface area contributed by atoms with Gasteiger partial charge in [-0.25, -0.2) is 0 Å². The normalized spacial score (nSPS) is 15.8. The van der Waals surface area contributed by atoms with Crippen LogP contribution < -0.4 is 5.73 Å². The Morgan fingerprint density at radius 1 is 1.54 bits per heavy atom. The molecule has 5 heteroatoms. The van der Waals surface area contributed by atoms with E-state index in [1.54, 1.807) is 6.92 Å². The molecule has 74 valence electrons. The molecule has 1 heterocycles. The number of hydrogen-bond donors (Lipinski definition) is 2. The van der Waals surface area contributed by atoms with E-state index >= 15 is 0 Å². The molecule has 0 fully saturated rings. The molecule has 0 aliphatic carbocycles. The quantitative estimate of drug-likeness (QED) is 0.692. The van der Waals surface area contributed by atoms with Gasteiger partial charge in [-0.05, 0) is 20.8 Å². The number of nitrogens with zero attached hydrogens (tertiary/aromatic N) is 3. The van der Waals surface area contributed by atoms with Gasteiger partial charge in [-0.15, -0.1) is 10.2 Å². The third-order valence-corrected chi connectivity index (χ3v) is 2.10. The van der Waals surface area contributed by atoms with Gasteiger partial charge in [0.15, 0.2) is 5.82 Å². The minimum atomic E-state index is -0.603. The summed E-state index contributed by atoms with van der Waals surface area (Å²) in [6, 6.07) is -0.457. The zero-order valence-electron chi connectivity index (χ0n) is 8.23. The largest absolute Gasteiger partial charge is 0.391 e. The van der Waals surface area contributed by atoms with Crippen molar-refractivity contribution in [2.24, 2.45) is 5.73 Å². The average molecular weight is 184 g/mol. The molecule has 0 bridgehead atoms. The van der Waals surface area contributed by atoms with E-state index in [2.05, 4.69) is 10.2 Å². The topological polar surface area (TPSA) is 77.0 Å². The molecular formula is C8H16N4O. The Kier molecular flexibility index (Phi) is 3.00. The van der Waals surface area contributed by atoms with Crippen molar-refractivity contribution in [3.8, 4) is 0 Å². The zero-order valence-corrected chi connectivity index (χ0v) is 8.23. The number of aryl methyl sites for hydroxylation is 1. The van der Waals surface area contributed by atoms with E-state index in [0.29, 0.717) is 5.82 Å². The lowest BCUT2D eigenvalue weighted by molar-refractivity contribution is 0.158. The SMILES string of the molecule is CCn1c(C)nnc1C(N)C(C)O. The fourth-order valence-electron chi connectivity index (χ4n) is 1.25. The smallest absolute Gasteiger partial charge is 0.152 e. The highest BCUT2D eigenvalue weighted by Gasteiger charge is 2.19. The van der Waals surface area contributed by atoms with E-state index in [1.807, 2.05) is 18.4 Å². The van der Waals surface area contributed by atoms with E-state index in [1.165, 1.54) is 0 Å². The number of aromatic nitrogens is 3. The van der Waals surface area contributed by atoms with Gasteiger partial charge in [0.05, 0.1) is 12.1 Å². The van der Waals surface area contributed by atoms with E-state index in [0.717, 1.165) is 12.4 Å². The van der Waals surface area contributed by atoms with Crippen LogP contribution >= 0.6 is 0 Å². The molecule has 1 aromatic rings. The predicted octanol–water partition coefficient (Wildman–Crippen LogP) is -0.0130. The summed E-state index contributed by atoms with van der Waals surface area (Å²) in [5, 5.41) is 17.1. The molecular weight excluding hydrogens is 168 g/mol. The van der Waals surface area contributed by atoms with Gasteiger partial charge in [-0.1, -0.05) is 0 Å². The van der Waals surface area contributed by atoms with Gasteiger partial charge in [-0.3, -0.25) is 0 Å².